The van der Waals surface area contributed by atoms with Crippen molar-refractivity contribution in [1.29, 1.82) is 0 Å². The molecule has 1 unspecified atom stereocenters. The maximum atomic E-state index is 11.5. The van der Waals surface area contributed by atoms with Gasteiger partial charge >= 0.3 is 12.1 Å². The van der Waals surface area contributed by atoms with Gasteiger partial charge in [-0.25, -0.2) is 9.59 Å². The molecule has 0 rings (SSSR count). The van der Waals surface area contributed by atoms with E-state index in [1.807, 2.05) is 34.6 Å². The van der Waals surface area contributed by atoms with E-state index in [1.54, 1.807) is 0 Å². The lowest BCUT2D eigenvalue weighted by Crippen LogP contribution is -2.31. The molecule has 0 saturated heterocycles. The molecule has 122 valence electrons. The third-order valence-corrected chi connectivity index (χ3v) is 2.09. The minimum Gasteiger partial charge on any atom is -0.450 e. The highest BCUT2D eigenvalue weighted by Crippen LogP contribution is 2.30. The average Bonchev–Trinajstić information content (AvgIpc) is 2.21. The predicted molar refractivity (Wildman–Crippen MR) is 74.1 cm³/mol. The molecule has 0 spiro atoms. The van der Waals surface area contributed by atoms with E-state index in [2.05, 4.69) is 16.1 Å². The van der Waals surface area contributed by atoms with E-state index < -0.39 is 29.8 Å². The first-order valence-corrected chi connectivity index (χ1v) is 6.47. The van der Waals surface area contributed by atoms with E-state index in [1.165, 1.54) is 6.92 Å². The summed E-state index contributed by atoms with van der Waals surface area (Å²) < 4.78 is 8.86. The maximum absolute atomic E-state index is 11.5. The van der Waals surface area contributed by atoms with Crippen LogP contribution in [0.3, 0.4) is 0 Å². The fourth-order valence-electron chi connectivity index (χ4n) is 1.89. The Kier molecular flexibility index (Phi) is 6.69. The first kappa shape index (κ1) is 19.2. The van der Waals surface area contributed by atoms with Gasteiger partial charge in [-0.3, -0.25) is 0 Å². The Hall–Kier alpha value is -1.76. The molecule has 7 nitrogen and oxygen atoms in total. The molecule has 0 aromatic rings. The molecule has 0 fully saturated rings. The third-order valence-electron chi connectivity index (χ3n) is 2.09. The van der Waals surface area contributed by atoms with Crippen LogP contribution in [0.1, 0.15) is 48.0 Å². The summed E-state index contributed by atoms with van der Waals surface area (Å²) >= 11 is 0. The Bertz CT molecular complexity index is 393. The molecule has 0 aromatic carbocycles. The summed E-state index contributed by atoms with van der Waals surface area (Å²) in [4.78, 5) is 31.8. The molecule has 7 heteroatoms. The van der Waals surface area contributed by atoms with Gasteiger partial charge in [0, 0.05) is 6.92 Å². The number of hydrogen-bond acceptors (Lipinski definition) is 6. The Balaban J connectivity index is 4.31. The number of hydrogen-bond donors (Lipinski definition) is 1. The second-order valence-electron chi connectivity index (χ2n) is 6.44. The van der Waals surface area contributed by atoms with Gasteiger partial charge in [0.25, 0.3) is 0 Å². The summed E-state index contributed by atoms with van der Waals surface area (Å²) in [6, 6.07) is 0. The topological polar surface area (TPSA) is 91.3 Å². The molecule has 1 N–H and O–H groups in total. The fraction of sp³-hybridized carbons (Fsp3) is 0.714. The van der Waals surface area contributed by atoms with Gasteiger partial charge in [-0.05, 0) is 32.3 Å². The molecule has 1 atom stereocenters. The largest absolute Gasteiger partial charge is 0.508 e. The Labute approximate surface area is 124 Å². The van der Waals surface area contributed by atoms with E-state index in [0.29, 0.717) is 6.42 Å². The van der Waals surface area contributed by atoms with Gasteiger partial charge in [-0.2, -0.15) is 4.89 Å². The van der Waals surface area contributed by atoms with Crippen LogP contribution in [0.15, 0.2) is 12.3 Å². The molecular weight excluding hydrogens is 280 g/mol. The molecule has 0 amide bonds. The van der Waals surface area contributed by atoms with E-state index in [0.717, 1.165) is 0 Å². The van der Waals surface area contributed by atoms with Crippen molar-refractivity contribution in [3.63, 3.8) is 0 Å². The van der Waals surface area contributed by atoms with Crippen LogP contribution in [-0.2, 0) is 24.0 Å². The quantitative estimate of drug-likeness (QED) is 0.193. The molecule has 0 aliphatic heterocycles. The van der Waals surface area contributed by atoms with Gasteiger partial charge in [0.1, 0.15) is 5.60 Å². The van der Waals surface area contributed by atoms with Gasteiger partial charge < -0.3 is 19.5 Å². The SMILES string of the molecule is C=C(OOC(C)(C)CC(C)(C)C)C(=O)OC(C)OC(=O)O. The highest BCUT2D eigenvalue weighted by molar-refractivity contribution is 5.85. The van der Waals surface area contributed by atoms with Gasteiger partial charge in [-0.15, -0.1) is 0 Å². The number of ether oxygens (including phenoxy) is 2. The molecule has 0 heterocycles. The molecule has 0 saturated carbocycles. The summed E-state index contributed by atoms with van der Waals surface area (Å²) in [5, 5.41) is 8.36. The summed E-state index contributed by atoms with van der Waals surface area (Å²) in [6.45, 7) is 14.4. The summed E-state index contributed by atoms with van der Waals surface area (Å²) in [5.74, 6) is -1.35. The molecule has 0 aromatic heterocycles. The van der Waals surface area contributed by atoms with Crippen LogP contribution < -0.4 is 0 Å². The zero-order chi connectivity index (χ0) is 16.8. The van der Waals surface area contributed by atoms with Crippen molar-refractivity contribution in [2.45, 2.75) is 59.9 Å². The smallest absolute Gasteiger partial charge is 0.450 e. The third kappa shape index (κ3) is 9.73. The second-order valence-corrected chi connectivity index (χ2v) is 6.44. The fourth-order valence-corrected chi connectivity index (χ4v) is 1.89. The van der Waals surface area contributed by atoms with Crippen LogP contribution in [0.25, 0.3) is 0 Å². The van der Waals surface area contributed by atoms with Crippen molar-refractivity contribution in [1.82, 2.24) is 0 Å². The molecule has 0 aliphatic rings. The molecular formula is C14H24O7. The van der Waals surface area contributed by atoms with Gasteiger partial charge in [0.2, 0.25) is 12.0 Å². The lowest BCUT2D eigenvalue weighted by molar-refractivity contribution is -0.331. The van der Waals surface area contributed by atoms with Crippen LogP contribution in [-0.4, -0.2) is 29.1 Å². The van der Waals surface area contributed by atoms with Crippen molar-refractivity contribution >= 4 is 12.1 Å². The minimum atomic E-state index is -1.55. The van der Waals surface area contributed by atoms with Gasteiger partial charge in [0.05, 0.1) is 0 Å². The average molecular weight is 304 g/mol. The minimum absolute atomic E-state index is 0.0124. The highest BCUT2D eigenvalue weighted by Gasteiger charge is 2.29. The maximum Gasteiger partial charge on any atom is 0.508 e. The lowest BCUT2D eigenvalue weighted by atomic mass is 9.84. The summed E-state index contributed by atoms with van der Waals surface area (Å²) in [5.41, 5.74) is -0.622. The van der Waals surface area contributed by atoms with Crippen molar-refractivity contribution in [2.75, 3.05) is 0 Å². The molecule has 0 bridgehead atoms. The Morgan fingerprint density at radius 3 is 2.10 bits per heavy atom. The monoisotopic (exact) mass is 304 g/mol. The standard InChI is InChI=1S/C14H24O7/c1-9(11(15)18-10(2)19-12(16)17)20-21-14(6,7)8-13(3,4)5/h10H,1,8H2,2-7H3,(H,16,17). The summed E-state index contributed by atoms with van der Waals surface area (Å²) in [6.07, 6.45) is -2.14. The van der Waals surface area contributed by atoms with Crippen LogP contribution in [0.5, 0.6) is 0 Å². The van der Waals surface area contributed by atoms with Crippen LogP contribution in [0.2, 0.25) is 0 Å². The van der Waals surface area contributed by atoms with E-state index >= 15 is 0 Å². The van der Waals surface area contributed by atoms with Gasteiger partial charge in [0.15, 0.2) is 0 Å². The van der Waals surface area contributed by atoms with Crippen molar-refractivity contribution in [3.05, 3.63) is 12.3 Å². The van der Waals surface area contributed by atoms with Crippen molar-refractivity contribution < 1.29 is 33.9 Å². The van der Waals surface area contributed by atoms with Crippen LogP contribution in [0.4, 0.5) is 4.79 Å². The number of carbonyl (C=O) groups is 2. The number of esters is 1. The lowest BCUT2D eigenvalue weighted by Gasteiger charge is -2.30. The first-order valence-electron chi connectivity index (χ1n) is 6.47. The zero-order valence-electron chi connectivity index (χ0n) is 13.4. The Morgan fingerprint density at radius 1 is 1.14 bits per heavy atom. The number of carbonyl (C=O) groups excluding carboxylic acids is 1. The second kappa shape index (κ2) is 7.31. The predicted octanol–water partition coefficient (Wildman–Crippen LogP) is 3.25. The highest BCUT2D eigenvalue weighted by atomic mass is 17.2. The summed E-state index contributed by atoms with van der Waals surface area (Å²) in [7, 11) is 0. The van der Waals surface area contributed by atoms with E-state index in [-0.39, 0.29) is 5.41 Å². The molecule has 0 radical (unpaired) electrons. The molecule has 0 aliphatic carbocycles. The number of rotatable bonds is 7. The van der Waals surface area contributed by atoms with Gasteiger partial charge in [-0.1, -0.05) is 20.8 Å². The Morgan fingerprint density at radius 2 is 1.67 bits per heavy atom. The number of carboxylic acid groups (broad SMARTS) is 1. The normalized spacial score (nSPS) is 13.2. The zero-order valence-corrected chi connectivity index (χ0v) is 13.4. The van der Waals surface area contributed by atoms with Crippen molar-refractivity contribution in [2.24, 2.45) is 5.41 Å². The van der Waals surface area contributed by atoms with E-state index in [4.69, 9.17) is 14.9 Å². The van der Waals surface area contributed by atoms with E-state index in [9.17, 15) is 9.59 Å². The van der Waals surface area contributed by atoms with Crippen LogP contribution in [0, 0.1) is 5.41 Å². The molecule has 21 heavy (non-hydrogen) atoms. The first-order chi connectivity index (χ1) is 9.32. The van der Waals surface area contributed by atoms with Crippen LogP contribution >= 0.6 is 0 Å². The van der Waals surface area contributed by atoms with Crippen molar-refractivity contribution in [3.8, 4) is 0 Å².